The number of nitrogens with one attached hydrogen (secondary N) is 2. The molecule has 1 aromatic heterocycles. The van der Waals surface area contributed by atoms with Crippen molar-refractivity contribution in [3.05, 3.63) is 59.6 Å². The van der Waals surface area contributed by atoms with E-state index in [9.17, 15) is 8.78 Å². The molecular weight excluding hydrogens is 300 g/mol. The number of benzene rings is 1. The fraction of sp³-hybridized carbons (Fsp3) is 0.353. The molecule has 0 radical (unpaired) electrons. The van der Waals surface area contributed by atoms with Gasteiger partial charge in [-0.3, -0.25) is 4.99 Å². The van der Waals surface area contributed by atoms with Gasteiger partial charge in [-0.1, -0.05) is 0 Å². The van der Waals surface area contributed by atoms with E-state index < -0.39 is 11.6 Å². The third-order valence-corrected chi connectivity index (χ3v) is 3.18. The normalized spacial score (nSPS) is 11.5. The van der Waals surface area contributed by atoms with E-state index in [-0.39, 0.29) is 0 Å². The molecule has 0 unspecified atom stereocenters. The number of aliphatic imine (C=N–C) groups is 1. The van der Waals surface area contributed by atoms with Gasteiger partial charge < -0.3 is 15.1 Å². The molecule has 0 fully saturated rings. The molecule has 1 aromatic carbocycles. The molecule has 0 atom stereocenters. The molecule has 0 aliphatic carbocycles. The van der Waals surface area contributed by atoms with Crippen LogP contribution in [0.5, 0.6) is 0 Å². The second-order valence-electron chi connectivity index (χ2n) is 5.04. The number of furan rings is 1. The Morgan fingerprint density at radius 1 is 1.13 bits per heavy atom. The lowest BCUT2D eigenvalue weighted by Crippen LogP contribution is -2.38. The van der Waals surface area contributed by atoms with E-state index in [1.807, 2.05) is 19.1 Å². The highest BCUT2D eigenvalue weighted by Gasteiger charge is 2.02. The van der Waals surface area contributed by atoms with Crippen molar-refractivity contribution in [2.24, 2.45) is 4.99 Å². The molecule has 124 valence electrons. The Labute approximate surface area is 134 Å². The fourth-order valence-electron chi connectivity index (χ4n) is 2.16. The minimum Gasteiger partial charge on any atom is -0.469 e. The number of hydrogen-bond acceptors (Lipinski definition) is 2. The molecule has 1 heterocycles. The van der Waals surface area contributed by atoms with Crippen LogP contribution in [0.2, 0.25) is 0 Å². The molecule has 0 spiro atoms. The minimum absolute atomic E-state index is 0.511. The van der Waals surface area contributed by atoms with Crippen molar-refractivity contribution in [1.29, 1.82) is 0 Å². The maximum atomic E-state index is 13.1. The topological polar surface area (TPSA) is 49.6 Å². The summed E-state index contributed by atoms with van der Waals surface area (Å²) >= 11 is 0. The molecule has 2 rings (SSSR count). The smallest absolute Gasteiger partial charge is 0.191 e. The zero-order valence-corrected chi connectivity index (χ0v) is 13.1. The summed E-state index contributed by atoms with van der Waals surface area (Å²) in [5, 5.41) is 6.28. The van der Waals surface area contributed by atoms with E-state index in [0.29, 0.717) is 31.0 Å². The van der Waals surface area contributed by atoms with Crippen molar-refractivity contribution in [1.82, 2.24) is 10.6 Å². The summed E-state index contributed by atoms with van der Waals surface area (Å²) in [6.45, 7) is 3.85. The summed E-state index contributed by atoms with van der Waals surface area (Å²) in [5.41, 5.74) is 0.612. The Morgan fingerprint density at radius 2 is 1.91 bits per heavy atom. The highest BCUT2D eigenvalue weighted by molar-refractivity contribution is 5.79. The number of nitrogens with zero attached hydrogens (tertiary/aromatic N) is 1. The molecule has 2 aromatic rings. The van der Waals surface area contributed by atoms with Crippen LogP contribution in [-0.4, -0.2) is 25.6 Å². The molecular formula is C17H21F2N3O. The first-order valence-corrected chi connectivity index (χ1v) is 7.67. The average Bonchev–Trinajstić information content (AvgIpc) is 2.99. The highest BCUT2D eigenvalue weighted by atomic mass is 19.1. The maximum Gasteiger partial charge on any atom is 0.191 e. The number of guanidine groups is 1. The molecule has 4 nitrogen and oxygen atoms in total. The lowest BCUT2D eigenvalue weighted by molar-refractivity contribution is 0.510. The van der Waals surface area contributed by atoms with Gasteiger partial charge in [0.15, 0.2) is 5.96 Å². The van der Waals surface area contributed by atoms with E-state index in [1.54, 1.807) is 6.26 Å². The average molecular weight is 321 g/mol. The lowest BCUT2D eigenvalue weighted by atomic mass is 10.1. The Kier molecular flexibility index (Phi) is 6.59. The SMILES string of the molecule is CCNC(=NCCc1ccco1)NCCc1cc(F)cc(F)c1. The molecule has 0 bridgehead atoms. The molecule has 0 saturated heterocycles. The second kappa shape index (κ2) is 8.92. The molecule has 0 aliphatic heterocycles. The summed E-state index contributed by atoms with van der Waals surface area (Å²) in [7, 11) is 0. The van der Waals surface area contributed by atoms with Gasteiger partial charge in [-0.05, 0) is 43.2 Å². The second-order valence-corrected chi connectivity index (χ2v) is 5.04. The van der Waals surface area contributed by atoms with Crippen LogP contribution in [-0.2, 0) is 12.8 Å². The van der Waals surface area contributed by atoms with Crippen LogP contribution < -0.4 is 10.6 Å². The lowest BCUT2D eigenvalue weighted by Gasteiger charge is -2.11. The predicted molar refractivity (Wildman–Crippen MR) is 86.5 cm³/mol. The van der Waals surface area contributed by atoms with E-state index in [0.717, 1.165) is 24.8 Å². The number of hydrogen-bond donors (Lipinski definition) is 2. The van der Waals surface area contributed by atoms with E-state index in [2.05, 4.69) is 15.6 Å². The Bertz CT molecular complexity index is 607. The van der Waals surface area contributed by atoms with E-state index >= 15 is 0 Å². The van der Waals surface area contributed by atoms with E-state index in [4.69, 9.17) is 4.42 Å². The summed E-state index contributed by atoms with van der Waals surface area (Å²) in [5.74, 6) is 0.453. The summed E-state index contributed by atoms with van der Waals surface area (Å²) in [4.78, 5) is 4.44. The Hall–Kier alpha value is -2.37. The first-order valence-electron chi connectivity index (χ1n) is 7.67. The standard InChI is InChI=1S/C17H21F2N3O/c1-2-20-17(22-8-6-16-4-3-9-23-16)21-7-5-13-10-14(18)12-15(19)11-13/h3-4,9-12H,2,5-8H2,1H3,(H2,20,21,22). The van der Waals surface area contributed by atoms with Gasteiger partial charge in [0, 0.05) is 32.1 Å². The highest BCUT2D eigenvalue weighted by Crippen LogP contribution is 2.08. The van der Waals surface area contributed by atoms with Gasteiger partial charge in [0.1, 0.15) is 17.4 Å². The zero-order valence-electron chi connectivity index (χ0n) is 13.1. The molecule has 2 N–H and O–H groups in total. The van der Waals surface area contributed by atoms with E-state index in [1.165, 1.54) is 12.1 Å². The monoisotopic (exact) mass is 321 g/mol. The van der Waals surface area contributed by atoms with Crippen molar-refractivity contribution < 1.29 is 13.2 Å². The van der Waals surface area contributed by atoms with Gasteiger partial charge in [0.25, 0.3) is 0 Å². The van der Waals surface area contributed by atoms with Gasteiger partial charge in [-0.15, -0.1) is 0 Å². The van der Waals surface area contributed by atoms with Crippen LogP contribution in [0.15, 0.2) is 46.0 Å². The van der Waals surface area contributed by atoms with Crippen LogP contribution in [0.1, 0.15) is 18.2 Å². The fourth-order valence-corrected chi connectivity index (χ4v) is 2.16. The first-order chi connectivity index (χ1) is 11.2. The third kappa shape index (κ3) is 6.10. The summed E-state index contributed by atoms with van der Waals surface area (Å²) < 4.78 is 31.5. The molecule has 6 heteroatoms. The van der Waals surface area contributed by atoms with Gasteiger partial charge in [0.2, 0.25) is 0 Å². The molecule has 0 saturated carbocycles. The number of rotatable bonds is 7. The number of halogens is 2. The molecule has 0 amide bonds. The Morgan fingerprint density at radius 3 is 2.57 bits per heavy atom. The van der Waals surface area contributed by atoms with Crippen LogP contribution in [0.4, 0.5) is 8.78 Å². The van der Waals surface area contributed by atoms with Crippen LogP contribution in [0, 0.1) is 11.6 Å². The molecule has 0 aliphatic rings. The largest absolute Gasteiger partial charge is 0.469 e. The van der Waals surface area contributed by atoms with Crippen molar-refractivity contribution in [3.8, 4) is 0 Å². The van der Waals surface area contributed by atoms with Crippen molar-refractivity contribution >= 4 is 5.96 Å². The minimum atomic E-state index is -0.556. The predicted octanol–water partition coefficient (Wildman–Crippen LogP) is 2.90. The van der Waals surface area contributed by atoms with Crippen LogP contribution >= 0.6 is 0 Å². The van der Waals surface area contributed by atoms with Crippen LogP contribution in [0.3, 0.4) is 0 Å². The summed E-state index contributed by atoms with van der Waals surface area (Å²) in [6, 6.07) is 7.31. The molecule has 23 heavy (non-hydrogen) atoms. The van der Waals surface area contributed by atoms with Crippen molar-refractivity contribution in [3.63, 3.8) is 0 Å². The van der Waals surface area contributed by atoms with Gasteiger partial charge in [-0.2, -0.15) is 0 Å². The zero-order chi connectivity index (χ0) is 16.5. The summed E-state index contributed by atoms with van der Waals surface area (Å²) in [6.07, 6.45) is 2.87. The first kappa shape index (κ1) is 17.0. The third-order valence-electron chi connectivity index (χ3n) is 3.18. The van der Waals surface area contributed by atoms with Gasteiger partial charge in [-0.25, -0.2) is 8.78 Å². The van der Waals surface area contributed by atoms with Gasteiger partial charge >= 0.3 is 0 Å². The van der Waals surface area contributed by atoms with Gasteiger partial charge in [0.05, 0.1) is 6.26 Å². The van der Waals surface area contributed by atoms with Crippen LogP contribution in [0.25, 0.3) is 0 Å². The van der Waals surface area contributed by atoms with Crippen molar-refractivity contribution in [2.45, 2.75) is 19.8 Å². The Balaban J connectivity index is 1.81. The quantitative estimate of drug-likeness (QED) is 0.609. The van der Waals surface area contributed by atoms with Crippen molar-refractivity contribution in [2.75, 3.05) is 19.6 Å². The maximum absolute atomic E-state index is 13.1.